The molecule has 0 aliphatic heterocycles. The van der Waals surface area contributed by atoms with Crippen molar-refractivity contribution < 1.29 is 14.0 Å². The Morgan fingerprint density at radius 1 is 1.00 bits per heavy atom. The molecular formula is C22H27N3O3. The van der Waals surface area contributed by atoms with E-state index >= 15 is 0 Å². The fraction of sp³-hybridized carbons (Fsp3) is 0.364. The summed E-state index contributed by atoms with van der Waals surface area (Å²) in [6, 6.07) is 15.9. The summed E-state index contributed by atoms with van der Waals surface area (Å²) in [6.07, 6.45) is 0. The minimum Gasteiger partial charge on any atom is -0.497 e. The van der Waals surface area contributed by atoms with Crippen LogP contribution >= 0.6 is 0 Å². The zero-order valence-electron chi connectivity index (χ0n) is 16.9. The second kappa shape index (κ2) is 9.37. The minimum atomic E-state index is 0.503. The van der Waals surface area contributed by atoms with Crippen molar-refractivity contribution in [2.24, 2.45) is 0 Å². The first-order chi connectivity index (χ1) is 13.5. The van der Waals surface area contributed by atoms with E-state index in [1.807, 2.05) is 43.4 Å². The van der Waals surface area contributed by atoms with Gasteiger partial charge in [-0.15, -0.1) is 0 Å². The molecule has 0 fully saturated rings. The molecule has 0 spiro atoms. The molecule has 1 heterocycles. The maximum atomic E-state index is 5.75. The highest BCUT2D eigenvalue weighted by Gasteiger charge is 2.11. The average Bonchev–Trinajstić information content (AvgIpc) is 3.17. The normalized spacial score (nSPS) is 11.2. The van der Waals surface area contributed by atoms with Crippen LogP contribution in [-0.2, 0) is 6.54 Å². The van der Waals surface area contributed by atoms with Gasteiger partial charge in [-0.25, -0.2) is 0 Å². The summed E-state index contributed by atoms with van der Waals surface area (Å²) in [4.78, 5) is 6.59. The van der Waals surface area contributed by atoms with Crippen LogP contribution < -0.4 is 9.47 Å². The van der Waals surface area contributed by atoms with Gasteiger partial charge in [0.15, 0.2) is 0 Å². The molecule has 3 aromatic rings. The second-order valence-corrected chi connectivity index (χ2v) is 7.05. The lowest BCUT2D eigenvalue weighted by Gasteiger charge is -2.14. The highest BCUT2D eigenvalue weighted by molar-refractivity contribution is 5.54. The molecule has 148 valence electrons. The molecule has 2 aromatic carbocycles. The van der Waals surface area contributed by atoms with E-state index in [9.17, 15) is 0 Å². The standard InChI is InChI=1S/C22H27N3O3/c1-16(2)17-5-7-18(8-6-17)22-23-21(28-24-22)15-25(3)13-14-27-20-11-9-19(26-4)10-12-20/h5-12,16H,13-15H2,1-4H3. The van der Waals surface area contributed by atoms with Crippen LogP contribution in [-0.4, -0.2) is 42.3 Å². The number of hydrogen-bond acceptors (Lipinski definition) is 6. The van der Waals surface area contributed by atoms with Crippen molar-refractivity contribution in [3.63, 3.8) is 0 Å². The highest BCUT2D eigenvalue weighted by Crippen LogP contribution is 2.21. The van der Waals surface area contributed by atoms with Crippen LogP contribution in [0.2, 0.25) is 0 Å². The first-order valence-corrected chi connectivity index (χ1v) is 9.43. The van der Waals surface area contributed by atoms with Crippen LogP contribution in [0, 0.1) is 0 Å². The van der Waals surface area contributed by atoms with Crippen LogP contribution in [0.1, 0.15) is 31.2 Å². The molecule has 0 saturated heterocycles. The molecule has 0 bridgehead atoms. The topological polar surface area (TPSA) is 60.6 Å². The Kier molecular flexibility index (Phi) is 6.66. The van der Waals surface area contributed by atoms with Gasteiger partial charge in [0.1, 0.15) is 18.1 Å². The lowest BCUT2D eigenvalue weighted by atomic mass is 10.0. The molecule has 0 atom stereocenters. The average molecular weight is 381 g/mol. The zero-order valence-corrected chi connectivity index (χ0v) is 16.9. The van der Waals surface area contributed by atoms with Crippen LogP contribution in [0.4, 0.5) is 0 Å². The van der Waals surface area contributed by atoms with Gasteiger partial charge in [0.25, 0.3) is 0 Å². The molecule has 28 heavy (non-hydrogen) atoms. The Morgan fingerprint density at radius 2 is 1.68 bits per heavy atom. The van der Waals surface area contributed by atoms with E-state index in [0.717, 1.165) is 23.6 Å². The Hall–Kier alpha value is -2.86. The Bertz CT molecular complexity index is 857. The summed E-state index contributed by atoms with van der Waals surface area (Å²) in [5.74, 6) is 3.35. The lowest BCUT2D eigenvalue weighted by molar-refractivity contribution is 0.212. The Labute approximate surface area is 166 Å². The van der Waals surface area contributed by atoms with Crippen molar-refractivity contribution in [3.8, 4) is 22.9 Å². The number of likely N-dealkylation sites (N-methyl/N-ethyl adjacent to an activating group) is 1. The van der Waals surface area contributed by atoms with E-state index in [-0.39, 0.29) is 0 Å². The lowest BCUT2D eigenvalue weighted by Crippen LogP contribution is -2.24. The van der Waals surface area contributed by atoms with Crippen molar-refractivity contribution >= 4 is 0 Å². The molecule has 0 saturated carbocycles. The van der Waals surface area contributed by atoms with Crippen molar-refractivity contribution in [2.75, 3.05) is 27.3 Å². The molecule has 0 radical (unpaired) electrons. The molecule has 1 aromatic heterocycles. The SMILES string of the molecule is COc1ccc(OCCN(C)Cc2nc(-c3ccc(C(C)C)cc3)no2)cc1. The van der Waals surface area contributed by atoms with E-state index in [0.29, 0.717) is 30.8 Å². The first kappa shape index (κ1) is 19.9. The van der Waals surface area contributed by atoms with Crippen LogP contribution in [0.25, 0.3) is 11.4 Å². The Morgan fingerprint density at radius 3 is 2.32 bits per heavy atom. The number of rotatable bonds is 9. The zero-order chi connectivity index (χ0) is 19.9. The third-order valence-corrected chi connectivity index (χ3v) is 4.51. The molecule has 3 rings (SSSR count). The predicted octanol–water partition coefficient (Wildman–Crippen LogP) is 4.38. The van der Waals surface area contributed by atoms with Gasteiger partial charge >= 0.3 is 0 Å². The van der Waals surface area contributed by atoms with Gasteiger partial charge in [0.05, 0.1) is 13.7 Å². The monoisotopic (exact) mass is 381 g/mol. The summed E-state index contributed by atoms with van der Waals surface area (Å²) in [6.45, 7) is 6.24. The van der Waals surface area contributed by atoms with Crippen molar-refractivity contribution in [2.45, 2.75) is 26.3 Å². The number of benzene rings is 2. The van der Waals surface area contributed by atoms with Crippen LogP contribution in [0.15, 0.2) is 53.1 Å². The third-order valence-electron chi connectivity index (χ3n) is 4.51. The smallest absolute Gasteiger partial charge is 0.241 e. The molecule has 6 nitrogen and oxygen atoms in total. The third kappa shape index (κ3) is 5.33. The van der Waals surface area contributed by atoms with E-state index in [2.05, 4.69) is 41.0 Å². The highest BCUT2D eigenvalue weighted by atomic mass is 16.5. The molecular weight excluding hydrogens is 354 g/mol. The quantitative estimate of drug-likeness (QED) is 0.548. The molecule has 0 amide bonds. The number of ether oxygens (including phenoxy) is 2. The largest absolute Gasteiger partial charge is 0.497 e. The maximum absolute atomic E-state index is 5.75. The maximum Gasteiger partial charge on any atom is 0.241 e. The fourth-order valence-corrected chi connectivity index (χ4v) is 2.75. The molecule has 0 unspecified atom stereocenters. The van der Waals surface area contributed by atoms with E-state index in [1.54, 1.807) is 7.11 Å². The van der Waals surface area contributed by atoms with Gasteiger partial charge in [-0.05, 0) is 42.8 Å². The molecule has 6 heteroatoms. The van der Waals surface area contributed by atoms with E-state index in [4.69, 9.17) is 14.0 Å². The van der Waals surface area contributed by atoms with Gasteiger partial charge < -0.3 is 14.0 Å². The van der Waals surface area contributed by atoms with Gasteiger partial charge in [0, 0.05) is 12.1 Å². The fourth-order valence-electron chi connectivity index (χ4n) is 2.75. The molecule has 0 aliphatic carbocycles. The summed E-state index contributed by atoms with van der Waals surface area (Å²) >= 11 is 0. The van der Waals surface area contributed by atoms with Crippen LogP contribution in [0.5, 0.6) is 11.5 Å². The minimum absolute atomic E-state index is 0.503. The van der Waals surface area contributed by atoms with E-state index in [1.165, 1.54) is 5.56 Å². The number of methoxy groups -OCH3 is 1. The van der Waals surface area contributed by atoms with Crippen molar-refractivity contribution in [1.29, 1.82) is 0 Å². The first-order valence-electron chi connectivity index (χ1n) is 9.43. The van der Waals surface area contributed by atoms with Crippen molar-refractivity contribution in [1.82, 2.24) is 15.0 Å². The Balaban J connectivity index is 1.48. The summed E-state index contributed by atoms with van der Waals surface area (Å²) in [7, 11) is 3.65. The summed E-state index contributed by atoms with van der Waals surface area (Å²) in [5, 5.41) is 4.10. The van der Waals surface area contributed by atoms with Gasteiger partial charge in [0.2, 0.25) is 11.7 Å². The van der Waals surface area contributed by atoms with E-state index < -0.39 is 0 Å². The van der Waals surface area contributed by atoms with Gasteiger partial charge in [-0.3, -0.25) is 4.90 Å². The number of aromatic nitrogens is 2. The molecule has 0 N–H and O–H groups in total. The van der Waals surface area contributed by atoms with Crippen molar-refractivity contribution in [3.05, 3.63) is 60.0 Å². The molecule has 0 aliphatic rings. The van der Waals surface area contributed by atoms with Crippen LogP contribution in [0.3, 0.4) is 0 Å². The predicted molar refractivity (Wildman–Crippen MR) is 109 cm³/mol. The number of hydrogen-bond donors (Lipinski definition) is 0. The number of nitrogens with zero attached hydrogens (tertiary/aromatic N) is 3. The van der Waals surface area contributed by atoms with Gasteiger partial charge in [-0.1, -0.05) is 43.3 Å². The van der Waals surface area contributed by atoms with Gasteiger partial charge in [-0.2, -0.15) is 4.98 Å². The second-order valence-electron chi connectivity index (χ2n) is 7.05. The summed E-state index contributed by atoms with van der Waals surface area (Å²) in [5.41, 5.74) is 2.26. The summed E-state index contributed by atoms with van der Waals surface area (Å²) < 4.78 is 16.3.